The molecule has 1 aromatic carbocycles. The first-order valence-corrected chi connectivity index (χ1v) is 7.43. The van der Waals surface area contributed by atoms with Crippen molar-refractivity contribution in [2.75, 3.05) is 0 Å². The van der Waals surface area contributed by atoms with E-state index in [0.717, 1.165) is 6.29 Å². The summed E-state index contributed by atoms with van der Waals surface area (Å²) in [4.78, 5) is 10.2. The highest BCUT2D eigenvalue weighted by molar-refractivity contribution is 6.94. The molecule has 1 aromatic rings. The second-order valence-electron chi connectivity index (χ2n) is 3.58. The number of hydrogen-bond donors (Lipinski definition) is 0. The number of hydrogen-bond acceptors (Lipinski definition) is 1. The smallest absolute Gasteiger partial charge is 0.142 e. The van der Waals surface area contributed by atoms with E-state index in [1.165, 1.54) is 5.19 Å². The molecule has 0 unspecified atom stereocenters. The molecule has 0 aliphatic rings. The lowest BCUT2D eigenvalue weighted by Gasteiger charge is -2.17. The molecule has 0 aromatic heterocycles. The highest BCUT2D eigenvalue weighted by Crippen LogP contribution is 2.04. The number of aldehydes is 1. The Bertz CT molecular complexity index is 301. The molecule has 0 saturated carbocycles. The van der Waals surface area contributed by atoms with Gasteiger partial charge in [0, 0.05) is 0 Å². The molecule has 68 valence electrons. The van der Waals surface area contributed by atoms with E-state index in [1.807, 2.05) is 18.2 Å². The highest BCUT2D eigenvalue weighted by atomic mass is 28.3. The number of carbonyl (C=O) groups is 1. The summed E-state index contributed by atoms with van der Waals surface area (Å²) in [6.07, 6.45) is 2.46. The van der Waals surface area contributed by atoms with Crippen molar-refractivity contribution >= 4 is 19.5 Å². The van der Waals surface area contributed by atoms with Crippen molar-refractivity contribution in [1.82, 2.24) is 0 Å². The van der Waals surface area contributed by atoms with Crippen LogP contribution < -0.4 is 5.19 Å². The monoisotopic (exact) mass is 190 g/mol. The molecule has 0 atom stereocenters. The predicted molar refractivity (Wildman–Crippen MR) is 58.8 cm³/mol. The van der Waals surface area contributed by atoms with Crippen LogP contribution in [-0.4, -0.2) is 14.4 Å². The molecule has 0 radical (unpaired) electrons. The van der Waals surface area contributed by atoms with Gasteiger partial charge < -0.3 is 0 Å². The normalized spacial score (nSPS) is 11.8. The predicted octanol–water partition coefficient (Wildman–Crippen LogP) is 1.90. The zero-order valence-electron chi connectivity index (χ0n) is 8.03. The first-order chi connectivity index (χ1) is 6.17. The maximum atomic E-state index is 10.2. The average Bonchev–Trinajstić information content (AvgIpc) is 2.16. The number of allylic oxidation sites excluding steroid dienone is 1. The summed E-state index contributed by atoms with van der Waals surface area (Å²) < 4.78 is 0. The van der Waals surface area contributed by atoms with Crippen LogP contribution in [-0.2, 0) is 4.79 Å². The second kappa shape index (κ2) is 4.19. The maximum Gasteiger partial charge on any atom is 0.142 e. The molecule has 0 fully saturated rings. The van der Waals surface area contributed by atoms with Crippen molar-refractivity contribution in [3.8, 4) is 0 Å². The minimum absolute atomic E-state index is 0.845. The van der Waals surface area contributed by atoms with Crippen LogP contribution in [0.1, 0.15) is 0 Å². The fourth-order valence-electron chi connectivity index (χ4n) is 1.24. The summed E-state index contributed by atoms with van der Waals surface area (Å²) in [6.45, 7) is 4.45. The van der Waals surface area contributed by atoms with Crippen LogP contribution in [0.5, 0.6) is 0 Å². The van der Waals surface area contributed by atoms with Gasteiger partial charge in [0.05, 0.1) is 0 Å². The Labute approximate surface area is 80.1 Å². The Morgan fingerprint density at radius 1 is 1.15 bits per heavy atom. The van der Waals surface area contributed by atoms with Gasteiger partial charge in [0.25, 0.3) is 0 Å². The largest absolute Gasteiger partial charge is 0.299 e. The fraction of sp³-hybridized carbons (Fsp3) is 0.182. The third-order valence-electron chi connectivity index (χ3n) is 2.11. The Kier molecular flexibility index (Phi) is 3.20. The van der Waals surface area contributed by atoms with E-state index >= 15 is 0 Å². The summed E-state index contributed by atoms with van der Waals surface area (Å²) in [5.74, 6) is 0. The molecular weight excluding hydrogens is 176 g/mol. The molecule has 0 heterocycles. The van der Waals surface area contributed by atoms with E-state index < -0.39 is 8.07 Å². The van der Waals surface area contributed by atoms with E-state index in [9.17, 15) is 4.79 Å². The molecule has 13 heavy (non-hydrogen) atoms. The van der Waals surface area contributed by atoms with E-state index in [4.69, 9.17) is 0 Å². The molecule has 0 N–H and O–H groups in total. The number of rotatable bonds is 3. The standard InChI is InChI=1S/C11H14OSi/c1-13(2,10-6-9-12)11-7-4-3-5-8-11/h3-10H,1-2H3/b10-6+. The van der Waals surface area contributed by atoms with Crippen LogP contribution in [0.3, 0.4) is 0 Å². The Balaban J connectivity index is 2.93. The van der Waals surface area contributed by atoms with Crippen molar-refractivity contribution in [1.29, 1.82) is 0 Å². The molecule has 0 aliphatic carbocycles. The quantitative estimate of drug-likeness (QED) is 0.404. The highest BCUT2D eigenvalue weighted by Gasteiger charge is 2.18. The summed E-state index contributed by atoms with van der Waals surface area (Å²) in [7, 11) is -1.51. The van der Waals surface area contributed by atoms with Crippen LogP contribution in [0, 0.1) is 0 Å². The number of carbonyl (C=O) groups excluding carboxylic acids is 1. The van der Waals surface area contributed by atoms with Gasteiger partial charge in [0.2, 0.25) is 0 Å². The first-order valence-electron chi connectivity index (χ1n) is 4.35. The van der Waals surface area contributed by atoms with Gasteiger partial charge in [-0.2, -0.15) is 0 Å². The molecular formula is C11H14OSi. The lowest BCUT2D eigenvalue weighted by Crippen LogP contribution is -2.39. The molecule has 2 heteroatoms. The van der Waals surface area contributed by atoms with E-state index in [0.29, 0.717) is 0 Å². The summed E-state index contributed by atoms with van der Waals surface area (Å²) in [5.41, 5.74) is 2.05. The molecule has 0 bridgehead atoms. The molecule has 0 spiro atoms. The fourth-order valence-corrected chi connectivity index (χ4v) is 3.05. The van der Waals surface area contributed by atoms with Gasteiger partial charge in [-0.15, -0.1) is 0 Å². The Hall–Kier alpha value is -1.15. The molecule has 1 rings (SSSR count). The second-order valence-corrected chi connectivity index (χ2v) is 7.94. The lowest BCUT2D eigenvalue weighted by atomic mass is 10.4. The van der Waals surface area contributed by atoms with Gasteiger partial charge in [0.1, 0.15) is 14.4 Å². The van der Waals surface area contributed by atoms with Gasteiger partial charge in [-0.1, -0.05) is 54.3 Å². The SMILES string of the molecule is C[Si](C)(/C=C/C=O)c1ccccc1. The zero-order chi connectivity index (χ0) is 9.73. The third kappa shape index (κ3) is 2.67. The van der Waals surface area contributed by atoms with Gasteiger partial charge in [-0.05, 0) is 6.08 Å². The van der Waals surface area contributed by atoms with Crippen LogP contribution in [0.25, 0.3) is 0 Å². The van der Waals surface area contributed by atoms with E-state index in [2.05, 4.69) is 30.9 Å². The van der Waals surface area contributed by atoms with Crippen LogP contribution in [0.2, 0.25) is 13.1 Å². The molecule has 0 amide bonds. The average molecular weight is 190 g/mol. The van der Waals surface area contributed by atoms with E-state index in [-0.39, 0.29) is 0 Å². The van der Waals surface area contributed by atoms with Crippen LogP contribution in [0.4, 0.5) is 0 Å². The van der Waals surface area contributed by atoms with Crippen molar-refractivity contribution in [3.63, 3.8) is 0 Å². The minimum atomic E-state index is -1.51. The minimum Gasteiger partial charge on any atom is -0.299 e. The third-order valence-corrected chi connectivity index (χ3v) is 4.96. The van der Waals surface area contributed by atoms with Crippen LogP contribution >= 0.6 is 0 Å². The first kappa shape index (κ1) is 9.93. The Morgan fingerprint density at radius 3 is 2.31 bits per heavy atom. The van der Waals surface area contributed by atoms with Gasteiger partial charge in [-0.25, -0.2) is 0 Å². The van der Waals surface area contributed by atoms with E-state index in [1.54, 1.807) is 6.08 Å². The summed E-state index contributed by atoms with van der Waals surface area (Å²) in [5, 5.41) is 1.35. The number of benzene rings is 1. The van der Waals surface area contributed by atoms with Crippen molar-refractivity contribution in [2.24, 2.45) is 0 Å². The topological polar surface area (TPSA) is 17.1 Å². The molecule has 1 nitrogen and oxygen atoms in total. The Morgan fingerprint density at radius 2 is 1.77 bits per heavy atom. The van der Waals surface area contributed by atoms with Crippen molar-refractivity contribution in [2.45, 2.75) is 13.1 Å². The maximum absolute atomic E-state index is 10.2. The van der Waals surface area contributed by atoms with Gasteiger partial charge in [-0.3, -0.25) is 4.79 Å². The summed E-state index contributed by atoms with van der Waals surface area (Å²) >= 11 is 0. The van der Waals surface area contributed by atoms with Gasteiger partial charge in [0.15, 0.2) is 0 Å². The van der Waals surface area contributed by atoms with Crippen LogP contribution in [0.15, 0.2) is 42.1 Å². The van der Waals surface area contributed by atoms with Gasteiger partial charge >= 0.3 is 0 Å². The zero-order valence-corrected chi connectivity index (χ0v) is 9.03. The summed E-state index contributed by atoms with van der Waals surface area (Å²) in [6, 6.07) is 10.3. The molecule has 0 saturated heterocycles. The van der Waals surface area contributed by atoms with Crippen molar-refractivity contribution in [3.05, 3.63) is 42.1 Å². The molecule has 0 aliphatic heterocycles. The lowest BCUT2D eigenvalue weighted by molar-refractivity contribution is -0.104. The van der Waals surface area contributed by atoms with Crippen molar-refractivity contribution < 1.29 is 4.79 Å².